The molecule has 5 nitrogen and oxygen atoms in total. The highest BCUT2D eigenvalue weighted by Crippen LogP contribution is 2.40. The van der Waals surface area contributed by atoms with Crippen LogP contribution in [0.5, 0.6) is 0 Å². The largest absolute Gasteiger partial charge is 0.309 e. The van der Waals surface area contributed by atoms with E-state index in [0.29, 0.717) is 17.5 Å². The summed E-state index contributed by atoms with van der Waals surface area (Å²) in [5.74, 6) is 1.91. The maximum absolute atomic E-state index is 5.06. The Morgan fingerprint density at radius 2 is 0.828 bits per heavy atom. The van der Waals surface area contributed by atoms with Crippen LogP contribution < -0.4 is 0 Å². The Morgan fingerprint density at radius 1 is 0.276 bits per heavy atom. The summed E-state index contributed by atoms with van der Waals surface area (Å²) < 4.78 is 4.84. The van der Waals surface area contributed by atoms with Crippen molar-refractivity contribution in [3.63, 3.8) is 0 Å². The molecular weight excluding hydrogens is 707 g/mol. The normalized spacial score (nSPS) is 11.8. The zero-order valence-corrected chi connectivity index (χ0v) is 31.3. The van der Waals surface area contributed by atoms with Crippen LogP contribution in [-0.2, 0) is 0 Å². The fourth-order valence-electron chi connectivity index (χ4n) is 8.83. The summed E-state index contributed by atoms with van der Waals surface area (Å²) in [6.07, 6.45) is 0. The number of nitrogens with zero attached hydrogens (tertiary/aromatic N) is 5. The van der Waals surface area contributed by atoms with Gasteiger partial charge in [-0.15, -0.1) is 0 Å². The molecule has 0 aliphatic rings. The fraction of sp³-hybridized carbons (Fsp3) is 0. The third-order valence-corrected chi connectivity index (χ3v) is 11.5. The molecule has 0 saturated carbocycles. The minimum absolute atomic E-state index is 0.627. The molecule has 3 heterocycles. The van der Waals surface area contributed by atoms with Gasteiger partial charge in [0.05, 0.1) is 22.1 Å². The molecule has 0 fully saturated rings. The van der Waals surface area contributed by atoms with Crippen molar-refractivity contribution in [3.05, 3.63) is 200 Å². The van der Waals surface area contributed by atoms with Gasteiger partial charge in [-0.1, -0.05) is 152 Å². The summed E-state index contributed by atoms with van der Waals surface area (Å²) >= 11 is 0. The molecule has 0 atom stereocenters. The minimum atomic E-state index is 0.627. The van der Waals surface area contributed by atoms with Crippen LogP contribution in [0.4, 0.5) is 0 Å². The van der Waals surface area contributed by atoms with Crippen LogP contribution in [0.1, 0.15) is 0 Å². The smallest absolute Gasteiger partial charge is 0.164 e. The van der Waals surface area contributed by atoms with Gasteiger partial charge in [0.15, 0.2) is 17.5 Å². The SMILES string of the molecule is c1ccc(-c2nc(-c3ccccc3)nc(-c3cccc(-n4c5ccc(-n6c7ccccc7c7ccc8ccccc8c76)cc5c5cc6ccccc6cc54)c3)n2)cc1. The lowest BCUT2D eigenvalue weighted by molar-refractivity contribution is 1.07. The van der Waals surface area contributed by atoms with E-state index in [1.165, 1.54) is 54.1 Å². The summed E-state index contributed by atoms with van der Waals surface area (Å²) in [6.45, 7) is 0. The summed E-state index contributed by atoms with van der Waals surface area (Å²) in [6, 6.07) is 71.1. The van der Waals surface area contributed by atoms with Crippen molar-refractivity contribution in [3.8, 4) is 45.5 Å². The number of para-hydroxylation sites is 1. The van der Waals surface area contributed by atoms with Crippen LogP contribution in [0.2, 0.25) is 0 Å². The second kappa shape index (κ2) is 12.8. The molecule has 12 aromatic rings. The van der Waals surface area contributed by atoms with E-state index in [4.69, 9.17) is 15.0 Å². The highest BCUT2D eigenvalue weighted by Gasteiger charge is 2.20. The monoisotopic (exact) mass is 739 g/mol. The molecule has 9 aromatic carbocycles. The van der Waals surface area contributed by atoms with Crippen molar-refractivity contribution in [2.45, 2.75) is 0 Å². The van der Waals surface area contributed by atoms with E-state index in [-0.39, 0.29) is 0 Å². The number of hydrogen-bond donors (Lipinski definition) is 0. The summed E-state index contributed by atoms with van der Waals surface area (Å²) in [7, 11) is 0. The van der Waals surface area contributed by atoms with Crippen LogP contribution >= 0.6 is 0 Å². The third-order valence-electron chi connectivity index (χ3n) is 11.5. The summed E-state index contributed by atoms with van der Waals surface area (Å²) in [5.41, 5.74) is 9.65. The van der Waals surface area contributed by atoms with Crippen LogP contribution in [-0.4, -0.2) is 24.1 Å². The molecule has 0 bridgehead atoms. The van der Waals surface area contributed by atoms with Crippen molar-refractivity contribution in [1.82, 2.24) is 24.1 Å². The van der Waals surface area contributed by atoms with Gasteiger partial charge >= 0.3 is 0 Å². The summed E-state index contributed by atoms with van der Waals surface area (Å²) in [4.78, 5) is 15.1. The van der Waals surface area contributed by atoms with Crippen molar-refractivity contribution < 1.29 is 0 Å². The van der Waals surface area contributed by atoms with Crippen LogP contribution in [0.25, 0.3) is 111 Å². The molecule has 0 aliphatic carbocycles. The minimum Gasteiger partial charge on any atom is -0.309 e. The van der Waals surface area contributed by atoms with Crippen LogP contribution in [0.3, 0.4) is 0 Å². The molecule has 270 valence electrons. The fourth-order valence-corrected chi connectivity index (χ4v) is 8.83. The highest BCUT2D eigenvalue weighted by molar-refractivity contribution is 6.19. The van der Waals surface area contributed by atoms with E-state index in [1.54, 1.807) is 0 Å². The average molecular weight is 740 g/mol. The average Bonchev–Trinajstić information content (AvgIpc) is 3.81. The van der Waals surface area contributed by atoms with E-state index in [1.807, 2.05) is 60.7 Å². The first-order chi connectivity index (χ1) is 28.7. The number of aromatic nitrogens is 5. The van der Waals surface area contributed by atoms with E-state index < -0.39 is 0 Å². The second-order valence-corrected chi connectivity index (χ2v) is 14.9. The first-order valence-electron chi connectivity index (χ1n) is 19.6. The van der Waals surface area contributed by atoms with Crippen LogP contribution in [0.15, 0.2) is 200 Å². The molecule has 3 aromatic heterocycles. The lowest BCUT2D eigenvalue weighted by Gasteiger charge is -2.13. The van der Waals surface area contributed by atoms with Gasteiger partial charge in [-0.05, 0) is 64.7 Å². The molecule has 0 N–H and O–H groups in total. The lowest BCUT2D eigenvalue weighted by Crippen LogP contribution is -2.01. The Morgan fingerprint density at radius 3 is 1.57 bits per heavy atom. The predicted molar refractivity (Wildman–Crippen MR) is 240 cm³/mol. The molecule has 0 saturated heterocycles. The zero-order valence-electron chi connectivity index (χ0n) is 31.3. The summed E-state index contributed by atoms with van der Waals surface area (Å²) in [5, 5.41) is 9.77. The van der Waals surface area contributed by atoms with Crippen molar-refractivity contribution >= 4 is 65.2 Å². The van der Waals surface area contributed by atoms with Gasteiger partial charge in [0, 0.05) is 55.0 Å². The molecule has 0 spiro atoms. The number of fused-ring (bicyclic) bond motifs is 9. The Balaban J connectivity index is 1.10. The number of rotatable bonds is 5. The molecule has 12 rings (SSSR count). The van der Waals surface area contributed by atoms with Crippen LogP contribution in [0, 0.1) is 0 Å². The maximum Gasteiger partial charge on any atom is 0.164 e. The van der Waals surface area contributed by atoms with Crippen molar-refractivity contribution in [1.29, 1.82) is 0 Å². The Bertz CT molecular complexity index is 3510. The Kier molecular flexibility index (Phi) is 7.16. The van der Waals surface area contributed by atoms with Crippen molar-refractivity contribution in [2.24, 2.45) is 0 Å². The van der Waals surface area contributed by atoms with Gasteiger partial charge in [-0.3, -0.25) is 0 Å². The molecule has 0 radical (unpaired) electrons. The van der Waals surface area contributed by atoms with E-state index in [9.17, 15) is 0 Å². The molecule has 0 amide bonds. The standard InChI is InChI=1S/C53H33N5/c1-3-15-35(16-4-1)51-54-52(36-17-5-2-6-18-36)56-53(55-51)39-21-13-22-40(30-39)57-48-29-27-41(33-46(48)45-31-37-19-7-8-20-38(37)32-49(45)57)58-47-25-12-11-24-43(47)44-28-26-34-14-9-10-23-42(34)50(44)58/h1-33H. The maximum atomic E-state index is 5.06. The quantitative estimate of drug-likeness (QED) is 0.177. The van der Waals surface area contributed by atoms with E-state index in [0.717, 1.165) is 39.1 Å². The molecule has 0 aliphatic heterocycles. The van der Waals surface area contributed by atoms with Gasteiger partial charge in [0.2, 0.25) is 0 Å². The lowest BCUT2D eigenvalue weighted by atomic mass is 10.1. The van der Waals surface area contributed by atoms with Gasteiger partial charge in [-0.25, -0.2) is 15.0 Å². The second-order valence-electron chi connectivity index (χ2n) is 14.9. The molecular formula is C53H33N5. The molecule has 0 unspecified atom stereocenters. The topological polar surface area (TPSA) is 48.5 Å². The molecule has 58 heavy (non-hydrogen) atoms. The Labute approximate surface area is 333 Å². The van der Waals surface area contributed by atoms with Gasteiger partial charge in [0.25, 0.3) is 0 Å². The Hall–Kier alpha value is -7.89. The highest BCUT2D eigenvalue weighted by atomic mass is 15.0. The zero-order chi connectivity index (χ0) is 38.2. The third kappa shape index (κ3) is 5.07. The molecule has 5 heteroatoms. The first kappa shape index (κ1) is 32.4. The predicted octanol–water partition coefficient (Wildman–Crippen LogP) is 13.4. The van der Waals surface area contributed by atoms with Crippen molar-refractivity contribution in [2.75, 3.05) is 0 Å². The first-order valence-corrected chi connectivity index (χ1v) is 19.6. The van der Waals surface area contributed by atoms with E-state index >= 15 is 0 Å². The van der Waals surface area contributed by atoms with Gasteiger partial charge < -0.3 is 9.13 Å². The van der Waals surface area contributed by atoms with E-state index in [2.05, 4.69) is 149 Å². The number of benzene rings is 9. The van der Waals surface area contributed by atoms with Gasteiger partial charge in [-0.2, -0.15) is 0 Å². The van der Waals surface area contributed by atoms with Gasteiger partial charge in [0.1, 0.15) is 0 Å². The number of hydrogen-bond acceptors (Lipinski definition) is 3.